The van der Waals surface area contributed by atoms with E-state index < -0.39 is 0 Å². The minimum absolute atomic E-state index is 0.152. The topological polar surface area (TPSA) is 152 Å². The van der Waals surface area contributed by atoms with Crippen LogP contribution in [0.25, 0.3) is 11.0 Å². The Kier molecular flexibility index (Phi) is 9.29. The van der Waals surface area contributed by atoms with E-state index in [1.807, 2.05) is 32.2 Å². The molecule has 2 aliphatic rings. The van der Waals surface area contributed by atoms with Gasteiger partial charge in [-0.2, -0.15) is 10.1 Å². The summed E-state index contributed by atoms with van der Waals surface area (Å²) in [6.07, 6.45) is 7.50. The number of aliphatic hydroxyl groups excluding tert-OH is 1. The van der Waals surface area contributed by atoms with Gasteiger partial charge in [0.1, 0.15) is 5.82 Å². The Morgan fingerprint density at radius 3 is 2.61 bits per heavy atom. The molecule has 2 saturated heterocycles. The number of anilines is 5. The number of hydrogen-bond acceptors (Lipinski definition) is 12. The number of rotatable bonds is 11. The fourth-order valence-electron chi connectivity index (χ4n) is 6.23. The lowest BCUT2D eigenvalue weighted by atomic mass is 10.0. The van der Waals surface area contributed by atoms with Gasteiger partial charge < -0.3 is 26.0 Å². The first-order valence-electron chi connectivity index (χ1n) is 16.0. The van der Waals surface area contributed by atoms with Crippen LogP contribution >= 0.6 is 0 Å². The maximum atomic E-state index is 13.0. The van der Waals surface area contributed by atoms with Crippen LogP contribution in [0, 0.1) is 6.92 Å². The van der Waals surface area contributed by atoms with E-state index in [2.05, 4.69) is 64.5 Å². The van der Waals surface area contributed by atoms with E-state index in [0.29, 0.717) is 41.8 Å². The Labute approximate surface area is 269 Å². The predicted molar refractivity (Wildman–Crippen MR) is 179 cm³/mol. The highest BCUT2D eigenvalue weighted by Crippen LogP contribution is 2.29. The number of nitrogens with one attached hydrogen (secondary N) is 3. The number of likely N-dealkylation sites (tertiary alicyclic amines) is 1. The molecule has 0 aromatic carbocycles. The van der Waals surface area contributed by atoms with Gasteiger partial charge in [0, 0.05) is 88.7 Å². The van der Waals surface area contributed by atoms with Crippen molar-refractivity contribution in [2.75, 3.05) is 74.5 Å². The molecule has 0 atom stereocenters. The summed E-state index contributed by atoms with van der Waals surface area (Å²) in [5.74, 6) is 1.76. The first-order chi connectivity index (χ1) is 22.2. The first kappa shape index (κ1) is 31.6. The summed E-state index contributed by atoms with van der Waals surface area (Å²) in [5, 5.41) is 24.3. The molecule has 0 spiro atoms. The van der Waals surface area contributed by atoms with Gasteiger partial charge >= 0.3 is 0 Å². The molecule has 2 fully saturated rings. The zero-order chi connectivity index (χ0) is 32.3. The summed E-state index contributed by atoms with van der Waals surface area (Å²) in [6, 6.07) is 5.70. The van der Waals surface area contributed by atoms with Crippen LogP contribution in [0.4, 0.5) is 29.0 Å². The number of fused-ring (bicyclic) bond motifs is 1. The van der Waals surface area contributed by atoms with Crippen molar-refractivity contribution in [3.63, 3.8) is 0 Å². The van der Waals surface area contributed by atoms with Crippen LogP contribution in [0.15, 0.2) is 36.8 Å². The Bertz CT molecular complexity index is 1680. The smallest absolute Gasteiger partial charge is 0.252 e. The molecule has 0 radical (unpaired) electrons. The molecular formula is C32H44N12O2. The van der Waals surface area contributed by atoms with E-state index in [0.717, 1.165) is 61.9 Å². The van der Waals surface area contributed by atoms with Gasteiger partial charge in [-0.1, -0.05) is 0 Å². The maximum absolute atomic E-state index is 13.0. The highest BCUT2D eigenvalue weighted by Gasteiger charge is 2.31. The minimum atomic E-state index is -0.152. The number of piperazine rings is 1. The van der Waals surface area contributed by atoms with Gasteiger partial charge in [0.2, 0.25) is 5.95 Å². The van der Waals surface area contributed by atoms with Crippen molar-refractivity contribution >= 4 is 45.9 Å². The molecule has 0 bridgehead atoms. The number of amides is 1. The molecule has 6 rings (SSSR count). The van der Waals surface area contributed by atoms with Gasteiger partial charge in [-0.05, 0) is 52.3 Å². The molecule has 6 heterocycles. The second kappa shape index (κ2) is 13.5. The molecule has 244 valence electrons. The fourth-order valence-corrected chi connectivity index (χ4v) is 6.23. The number of aryl methyl sites for hydroxylation is 2. The summed E-state index contributed by atoms with van der Waals surface area (Å²) in [6.45, 7) is 13.2. The molecule has 14 nitrogen and oxygen atoms in total. The quantitative estimate of drug-likeness (QED) is 0.193. The minimum Gasteiger partial charge on any atom is -0.395 e. The lowest BCUT2D eigenvalue weighted by Gasteiger charge is -2.35. The molecule has 0 unspecified atom stereocenters. The average Bonchev–Trinajstić information content (AvgIpc) is 3.55. The Hall–Kier alpha value is -4.40. The standard InChI is InChI=1S/C32H44N12O2/c1-22-26(18-23(20-35-22)30(46)34-9-11-44-10-5-7-32(44,2)3)38-28-25-21-36-31(39-29(25)41(4)40-28)37-24-6-8-33-27(19-24)43-14-12-42(13-15-43)16-17-45/h6,8,18-21,45H,5,7,9-17H2,1-4H3,(H,34,46)(H,38,40)(H,33,36,37,39). The number of pyridine rings is 2. The van der Waals surface area contributed by atoms with Crippen LogP contribution in [0.5, 0.6) is 0 Å². The molecule has 14 heteroatoms. The largest absolute Gasteiger partial charge is 0.395 e. The molecule has 0 aliphatic carbocycles. The van der Waals surface area contributed by atoms with Crippen molar-refractivity contribution < 1.29 is 9.90 Å². The summed E-state index contributed by atoms with van der Waals surface area (Å²) in [5.41, 5.74) is 3.59. The number of carbonyl (C=O) groups is 1. The summed E-state index contributed by atoms with van der Waals surface area (Å²) < 4.78 is 1.70. The third kappa shape index (κ3) is 7.03. The van der Waals surface area contributed by atoms with Crippen molar-refractivity contribution in [1.82, 2.24) is 44.8 Å². The monoisotopic (exact) mass is 628 g/mol. The predicted octanol–water partition coefficient (Wildman–Crippen LogP) is 2.67. The highest BCUT2D eigenvalue weighted by atomic mass is 16.3. The van der Waals surface area contributed by atoms with E-state index in [9.17, 15) is 9.90 Å². The molecule has 1 amide bonds. The summed E-state index contributed by atoms with van der Waals surface area (Å²) in [7, 11) is 1.84. The highest BCUT2D eigenvalue weighted by molar-refractivity contribution is 5.96. The number of aliphatic hydroxyl groups is 1. The Balaban J connectivity index is 1.11. The van der Waals surface area contributed by atoms with Crippen LogP contribution in [-0.4, -0.2) is 115 Å². The third-order valence-electron chi connectivity index (χ3n) is 9.04. The molecule has 4 aromatic rings. The van der Waals surface area contributed by atoms with Gasteiger partial charge in [-0.3, -0.25) is 19.6 Å². The maximum Gasteiger partial charge on any atom is 0.252 e. The van der Waals surface area contributed by atoms with Gasteiger partial charge in [0.05, 0.1) is 28.9 Å². The van der Waals surface area contributed by atoms with E-state index in [4.69, 9.17) is 4.98 Å². The van der Waals surface area contributed by atoms with Gasteiger partial charge in [-0.15, -0.1) is 0 Å². The zero-order valence-corrected chi connectivity index (χ0v) is 27.1. The Morgan fingerprint density at radius 2 is 1.85 bits per heavy atom. The van der Waals surface area contributed by atoms with E-state index in [1.165, 1.54) is 12.8 Å². The summed E-state index contributed by atoms with van der Waals surface area (Å²) >= 11 is 0. The average molecular weight is 629 g/mol. The van der Waals surface area contributed by atoms with Crippen molar-refractivity contribution in [3.8, 4) is 0 Å². The van der Waals surface area contributed by atoms with Crippen LogP contribution in [0.1, 0.15) is 42.7 Å². The number of hydrogen-bond donors (Lipinski definition) is 4. The van der Waals surface area contributed by atoms with Gasteiger partial charge in [-0.25, -0.2) is 14.6 Å². The SMILES string of the molecule is Cc1ncc(C(=O)NCCN2CCCC2(C)C)cc1Nc1nn(C)c2nc(Nc3ccnc(N4CCN(CCO)CC4)c3)ncc12. The van der Waals surface area contributed by atoms with Crippen LogP contribution < -0.4 is 20.9 Å². The summed E-state index contributed by atoms with van der Waals surface area (Å²) in [4.78, 5) is 38.3. The molecule has 46 heavy (non-hydrogen) atoms. The number of aromatic nitrogens is 6. The zero-order valence-electron chi connectivity index (χ0n) is 27.1. The molecule has 4 N–H and O–H groups in total. The van der Waals surface area contributed by atoms with Crippen LogP contribution in [0.2, 0.25) is 0 Å². The molecule has 4 aromatic heterocycles. The van der Waals surface area contributed by atoms with Crippen LogP contribution in [0.3, 0.4) is 0 Å². The number of carbonyl (C=O) groups excluding carboxylic acids is 1. The number of nitrogens with zero attached hydrogens (tertiary/aromatic N) is 9. The second-order valence-corrected chi connectivity index (χ2v) is 12.6. The molecular weight excluding hydrogens is 584 g/mol. The Morgan fingerprint density at radius 1 is 1.02 bits per heavy atom. The van der Waals surface area contributed by atoms with Crippen molar-refractivity contribution in [2.24, 2.45) is 7.05 Å². The van der Waals surface area contributed by atoms with Crippen LogP contribution in [-0.2, 0) is 7.05 Å². The normalized spacial score (nSPS) is 17.0. The molecule has 2 aliphatic heterocycles. The number of β-amino-alcohol motifs (C(OH)–C–C–N with tert-alkyl or cyclic N) is 1. The van der Waals surface area contributed by atoms with E-state index in [-0.39, 0.29) is 18.1 Å². The second-order valence-electron chi connectivity index (χ2n) is 12.6. The fraction of sp³-hybridized carbons (Fsp3) is 0.500. The van der Waals surface area contributed by atoms with Crippen molar-refractivity contribution in [1.29, 1.82) is 0 Å². The lowest BCUT2D eigenvalue weighted by molar-refractivity contribution is 0.0940. The van der Waals surface area contributed by atoms with Crippen molar-refractivity contribution in [2.45, 2.75) is 39.2 Å². The third-order valence-corrected chi connectivity index (χ3v) is 9.04. The van der Waals surface area contributed by atoms with Gasteiger partial charge in [0.15, 0.2) is 11.5 Å². The molecule has 0 saturated carbocycles. The lowest BCUT2D eigenvalue weighted by Crippen LogP contribution is -2.47. The van der Waals surface area contributed by atoms with Gasteiger partial charge in [0.25, 0.3) is 5.91 Å². The van der Waals surface area contributed by atoms with E-state index >= 15 is 0 Å². The first-order valence-corrected chi connectivity index (χ1v) is 16.0. The van der Waals surface area contributed by atoms with E-state index in [1.54, 1.807) is 23.3 Å². The van der Waals surface area contributed by atoms with Crippen molar-refractivity contribution in [3.05, 3.63) is 48.0 Å².